The summed E-state index contributed by atoms with van der Waals surface area (Å²) in [4.78, 5) is 12.1. The van der Waals surface area contributed by atoms with Gasteiger partial charge in [0.2, 0.25) is 5.91 Å². The zero-order valence-corrected chi connectivity index (χ0v) is 14.5. The number of methoxy groups -OCH3 is 1. The van der Waals surface area contributed by atoms with Gasteiger partial charge in [-0.05, 0) is 37.5 Å². The van der Waals surface area contributed by atoms with Crippen LogP contribution in [0, 0.1) is 0 Å². The number of amides is 1. The summed E-state index contributed by atoms with van der Waals surface area (Å²) in [5.41, 5.74) is 2.60. The molecule has 132 valence electrons. The monoisotopic (exact) mass is 341 g/mol. The van der Waals surface area contributed by atoms with Gasteiger partial charge in [0, 0.05) is 29.2 Å². The largest absolute Gasteiger partial charge is 0.508 e. The van der Waals surface area contributed by atoms with Crippen LogP contribution in [0.1, 0.15) is 42.4 Å². The number of phenolic OH excluding ortho intramolecular Hbond substituents is 2. The topological polar surface area (TPSA) is 78.8 Å². The van der Waals surface area contributed by atoms with Gasteiger partial charge in [-0.25, -0.2) is 0 Å². The molecule has 0 saturated heterocycles. The van der Waals surface area contributed by atoms with Crippen molar-refractivity contribution in [1.29, 1.82) is 0 Å². The van der Waals surface area contributed by atoms with Gasteiger partial charge in [-0.1, -0.05) is 18.2 Å². The summed E-state index contributed by atoms with van der Waals surface area (Å²) in [5.74, 6) is 0.742. The van der Waals surface area contributed by atoms with Crippen LogP contribution in [0.5, 0.6) is 17.2 Å². The van der Waals surface area contributed by atoms with Gasteiger partial charge in [0.15, 0.2) is 0 Å². The lowest BCUT2D eigenvalue weighted by molar-refractivity contribution is -0.121. The van der Waals surface area contributed by atoms with E-state index in [0.29, 0.717) is 6.42 Å². The lowest BCUT2D eigenvalue weighted by atomic mass is 9.84. The first kappa shape index (κ1) is 17.1. The molecule has 2 bridgehead atoms. The van der Waals surface area contributed by atoms with Gasteiger partial charge in [-0.3, -0.25) is 4.79 Å². The van der Waals surface area contributed by atoms with Crippen LogP contribution in [0.4, 0.5) is 0 Å². The highest BCUT2D eigenvalue weighted by Gasteiger charge is 2.24. The van der Waals surface area contributed by atoms with E-state index in [2.05, 4.69) is 5.32 Å². The van der Waals surface area contributed by atoms with Gasteiger partial charge in [0.25, 0.3) is 0 Å². The van der Waals surface area contributed by atoms with Crippen molar-refractivity contribution in [3.63, 3.8) is 0 Å². The van der Waals surface area contributed by atoms with Crippen molar-refractivity contribution in [2.24, 2.45) is 0 Å². The average Bonchev–Trinajstić information content (AvgIpc) is 2.56. The Morgan fingerprint density at radius 3 is 2.60 bits per heavy atom. The summed E-state index contributed by atoms with van der Waals surface area (Å²) in [6.07, 6.45) is 1.82. The maximum absolute atomic E-state index is 12.1. The van der Waals surface area contributed by atoms with Crippen molar-refractivity contribution < 1.29 is 19.7 Å². The number of ether oxygens (including phenoxy) is 1. The summed E-state index contributed by atoms with van der Waals surface area (Å²) in [6.45, 7) is 1.98. The third-order valence-corrected chi connectivity index (χ3v) is 4.72. The second-order valence-corrected chi connectivity index (χ2v) is 6.59. The molecule has 0 spiro atoms. The number of fused-ring (bicyclic) bond motifs is 2. The molecule has 5 nitrogen and oxygen atoms in total. The van der Waals surface area contributed by atoms with E-state index in [-0.39, 0.29) is 29.4 Å². The van der Waals surface area contributed by atoms with Crippen molar-refractivity contribution >= 4 is 5.91 Å². The summed E-state index contributed by atoms with van der Waals surface area (Å²) in [7, 11) is 1.62. The quantitative estimate of drug-likeness (QED) is 0.784. The molecule has 1 heterocycles. The fraction of sp³-hybridized carbons (Fsp3) is 0.350. The van der Waals surface area contributed by atoms with Gasteiger partial charge < -0.3 is 20.3 Å². The highest BCUT2D eigenvalue weighted by atomic mass is 16.5. The van der Waals surface area contributed by atoms with Gasteiger partial charge in [0.1, 0.15) is 17.2 Å². The molecule has 0 aromatic heterocycles. The van der Waals surface area contributed by atoms with E-state index < -0.39 is 0 Å². The number of carbonyl (C=O) groups excluding carboxylic acids is 1. The molecule has 1 aliphatic rings. The molecule has 2 atom stereocenters. The second-order valence-electron chi connectivity index (χ2n) is 6.59. The van der Waals surface area contributed by atoms with Gasteiger partial charge in [0.05, 0.1) is 13.5 Å². The minimum atomic E-state index is -0.0899. The zero-order valence-electron chi connectivity index (χ0n) is 14.5. The number of rotatable bonds is 2. The zero-order chi connectivity index (χ0) is 18.0. The lowest BCUT2D eigenvalue weighted by Crippen LogP contribution is -2.34. The number of benzene rings is 2. The first-order valence-corrected chi connectivity index (χ1v) is 8.46. The van der Waals surface area contributed by atoms with Crippen LogP contribution < -0.4 is 10.1 Å². The van der Waals surface area contributed by atoms with E-state index >= 15 is 0 Å². The smallest absolute Gasteiger partial charge is 0.224 e. The third-order valence-electron chi connectivity index (χ3n) is 4.72. The van der Waals surface area contributed by atoms with Crippen LogP contribution in [0.2, 0.25) is 0 Å². The Morgan fingerprint density at radius 2 is 1.88 bits per heavy atom. The van der Waals surface area contributed by atoms with Crippen molar-refractivity contribution in [1.82, 2.24) is 5.32 Å². The van der Waals surface area contributed by atoms with Crippen molar-refractivity contribution in [3.05, 3.63) is 53.1 Å². The van der Waals surface area contributed by atoms with E-state index in [4.69, 9.17) is 4.74 Å². The van der Waals surface area contributed by atoms with Crippen LogP contribution in [-0.4, -0.2) is 29.3 Å². The van der Waals surface area contributed by atoms with Crippen LogP contribution in [0.15, 0.2) is 36.4 Å². The Hall–Kier alpha value is -2.69. The number of aromatic hydroxyl groups is 2. The van der Waals surface area contributed by atoms with E-state index in [1.54, 1.807) is 19.2 Å². The van der Waals surface area contributed by atoms with Crippen LogP contribution in [-0.2, 0) is 11.2 Å². The maximum atomic E-state index is 12.1. The van der Waals surface area contributed by atoms with Crippen molar-refractivity contribution in [3.8, 4) is 17.2 Å². The van der Waals surface area contributed by atoms with E-state index in [1.807, 2.05) is 25.1 Å². The van der Waals surface area contributed by atoms with Gasteiger partial charge in [-0.15, -0.1) is 0 Å². The van der Waals surface area contributed by atoms with E-state index in [1.165, 1.54) is 6.07 Å². The summed E-state index contributed by atoms with van der Waals surface area (Å²) < 4.78 is 5.53. The highest BCUT2D eigenvalue weighted by molar-refractivity contribution is 5.79. The maximum Gasteiger partial charge on any atom is 0.224 e. The molecule has 2 aromatic rings. The normalized spacial score (nSPS) is 20.6. The van der Waals surface area contributed by atoms with Crippen molar-refractivity contribution in [2.75, 3.05) is 7.11 Å². The van der Waals surface area contributed by atoms with Crippen LogP contribution in [0.3, 0.4) is 0 Å². The Balaban J connectivity index is 2.13. The average molecular weight is 341 g/mol. The molecule has 0 unspecified atom stereocenters. The molecule has 1 amide bonds. The third kappa shape index (κ3) is 3.71. The van der Waals surface area contributed by atoms with Gasteiger partial charge >= 0.3 is 0 Å². The van der Waals surface area contributed by atoms with Crippen molar-refractivity contribution in [2.45, 2.75) is 38.1 Å². The minimum Gasteiger partial charge on any atom is -0.508 e. The predicted molar refractivity (Wildman–Crippen MR) is 95.2 cm³/mol. The Bertz CT molecular complexity index is 787. The molecule has 3 N–H and O–H groups in total. The summed E-state index contributed by atoms with van der Waals surface area (Å²) in [5, 5.41) is 23.0. The van der Waals surface area contributed by atoms with Gasteiger partial charge in [-0.2, -0.15) is 0 Å². The summed E-state index contributed by atoms with van der Waals surface area (Å²) in [6, 6.07) is 10.5. The molecular formula is C20H23NO4. The standard InChI is InChI=1S/C20H23NO4/c1-12-3-6-15(16-7-5-14(22)11-18(16)23)17-9-13(10-20(24)21-12)4-8-19(17)25-2/h4-5,7-9,11-12,15,22-23H,3,6,10H2,1-2H3,(H,21,24)/t12-,15+/m1/s1. The van der Waals surface area contributed by atoms with E-state index in [0.717, 1.165) is 35.3 Å². The molecule has 1 aliphatic heterocycles. The fourth-order valence-electron chi connectivity index (χ4n) is 3.47. The molecule has 2 aromatic carbocycles. The Morgan fingerprint density at radius 1 is 1.08 bits per heavy atom. The minimum absolute atomic E-state index is 0.00884. The molecule has 25 heavy (non-hydrogen) atoms. The number of nitrogens with one attached hydrogen (secondary N) is 1. The lowest BCUT2D eigenvalue weighted by Gasteiger charge is -2.25. The first-order valence-electron chi connectivity index (χ1n) is 8.46. The van der Waals surface area contributed by atoms with Crippen LogP contribution >= 0.6 is 0 Å². The molecule has 3 rings (SSSR count). The molecule has 0 saturated carbocycles. The SMILES string of the molecule is COc1ccc2cc1[C@H](c1ccc(O)cc1O)CC[C@@H](C)NC(=O)C2. The number of phenols is 2. The Kier molecular flexibility index (Phi) is 4.83. The number of hydrogen-bond acceptors (Lipinski definition) is 4. The molecule has 0 radical (unpaired) electrons. The van der Waals surface area contributed by atoms with E-state index in [9.17, 15) is 15.0 Å². The molecule has 0 fully saturated rings. The number of hydrogen-bond donors (Lipinski definition) is 3. The second kappa shape index (κ2) is 7.05. The fourth-order valence-corrected chi connectivity index (χ4v) is 3.47. The summed E-state index contributed by atoms with van der Waals surface area (Å²) >= 11 is 0. The highest BCUT2D eigenvalue weighted by Crippen LogP contribution is 2.41. The first-order chi connectivity index (χ1) is 12.0. The molecular weight excluding hydrogens is 318 g/mol. The number of carbonyl (C=O) groups is 1. The Labute approximate surface area is 147 Å². The van der Waals surface area contributed by atoms with Crippen LogP contribution in [0.25, 0.3) is 0 Å². The molecule has 5 heteroatoms. The predicted octanol–water partition coefficient (Wildman–Crippen LogP) is 3.08. The molecule has 0 aliphatic carbocycles.